The molecule has 7 nitrogen and oxygen atoms in total. The lowest BCUT2D eigenvalue weighted by atomic mass is 9.81. The van der Waals surface area contributed by atoms with E-state index in [0.29, 0.717) is 12.0 Å². The molecule has 1 aromatic rings. The average Bonchev–Trinajstić information content (AvgIpc) is 2.74. The summed E-state index contributed by atoms with van der Waals surface area (Å²) in [5.74, 6) is 2.28. The van der Waals surface area contributed by atoms with Crippen LogP contribution in [0, 0.1) is 5.92 Å². The van der Waals surface area contributed by atoms with Crippen LogP contribution in [0.5, 0.6) is 11.5 Å². The second-order valence-electron chi connectivity index (χ2n) is 8.28. The molecule has 0 radical (unpaired) electrons. The standard InChI is InChI=1S/C22H35N5O2/c1-15-13-25-22(23,26-21(15)27(2)3)17-6-8-18(9-7-17)24-14-16-10-19(28-4)12-20(11-16)29-5/h10-13,17-18,24,26H,6-9,14,23H2,1-5H3. The van der Waals surface area contributed by atoms with Crippen LogP contribution < -0.4 is 25.8 Å². The molecule has 0 saturated heterocycles. The van der Waals surface area contributed by atoms with E-state index in [0.717, 1.165) is 60.7 Å². The molecular formula is C22H35N5O2. The zero-order valence-electron chi connectivity index (χ0n) is 18.3. The average molecular weight is 402 g/mol. The minimum absolute atomic E-state index is 0.316. The molecule has 1 aliphatic carbocycles. The van der Waals surface area contributed by atoms with Crippen molar-refractivity contribution < 1.29 is 9.47 Å². The molecule has 0 spiro atoms. The Labute approximate surface area is 174 Å². The number of ether oxygens (including phenoxy) is 2. The first-order valence-electron chi connectivity index (χ1n) is 10.3. The SMILES string of the molecule is COc1cc(CNC2CCC(C3(N)N=CC(C)=C(N(C)C)N3)CC2)cc(OC)c1. The van der Waals surface area contributed by atoms with Gasteiger partial charge in [-0.05, 0) is 50.3 Å². The van der Waals surface area contributed by atoms with Crippen LogP contribution in [0.15, 0.2) is 34.6 Å². The molecule has 1 heterocycles. The number of nitrogens with one attached hydrogen (secondary N) is 2. The van der Waals surface area contributed by atoms with Crippen LogP contribution in [0.4, 0.5) is 0 Å². The van der Waals surface area contributed by atoms with Crippen LogP contribution in [0.2, 0.25) is 0 Å². The van der Waals surface area contributed by atoms with Gasteiger partial charge in [0.05, 0.1) is 14.2 Å². The Hall–Kier alpha value is -2.25. The number of rotatable bonds is 7. The summed E-state index contributed by atoms with van der Waals surface area (Å²) in [7, 11) is 7.41. The second kappa shape index (κ2) is 9.05. The van der Waals surface area contributed by atoms with E-state index in [1.807, 2.05) is 38.5 Å². The van der Waals surface area contributed by atoms with Crippen LogP contribution in [0.25, 0.3) is 0 Å². The molecule has 3 rings (SSSR count). The topological polar surface area (TPSA) is 84.1 Å². The highest BCUT2D eigenvalue weighted by Crippen LogP contribution is 2.33. The maximum absolute atomic E-state index is 6.68. The van der Waals surface area contributed by atoms with Crippen LogP contribution in [0.3, 0.4) is 0 Å². The summed E-state index contributed by atoms with van der Waals surface area (Å²) in [4.78, 5) is 6.73. The molecule has 29 heavy (non-hydrogen) atoms. The summed E-state index contributed by atoms with van der Waals surface area (Å²) in [6, 6.07) is 6.47. The molecule has 160 valence electrons. The van der Waals surface area contributed by atoms with Gasteiger partial charge in [-0.25, -0.2) is 0 Å². The zero-order valence-corrected chi connectivity index (χ0v) is 18.3. The predicted octanol–water partition coefficient (Wildman–Crippen LogP) is 2.43. The third-order valence-corrected chi connectivity index (χ3v) is 5.97. The van der Waals surface area contributed by atoms with Crippen molar-refractivity contribution in [3.8, 4) is 11.5 Å². The van der Waals surface area contributed by atoms with Gasteiger partial charge < -0.3 is 25.0 Å². The first-order chi connectivity index (χ1) is 13.8. The molecule has 1 saturated carbocycles. The minimum Gasteiger partial charge on any atom is -0.497 e. The van der Waals surface area contributed by atoms with Gasteiger partial charge in [-0.3, -0.25) is 10.7 Å². The fraction of sp³-hybridized carbons (Fsp3) is 0.591. The predicted molar refractivity (Wildman–Crippen MR) is 117 cm³/mol. The first-order valence-corrected chi connectivity index (χ1v) is 10.3. The molecule has 0 amide bonds. The summed E-state index contributed by atoms with van der Waals surface area (Å²) >= 11 is 0. The Morgan fingerprint density at radius 1 is 1.14 bits per heavy atom. The van der Waals surface area contributed by atoms with Gasteiger partial charge in [-0.2, -0.15) is 0 Å². The monoisotopic (exact) mass is 401 g/mol. The number of nitrogens with zero attached hydrogens (tertiary/aromatic N) is 2. The normalized spacial score (nSPS) is 26.8. The van der Waals surface area contributed by atoms with E-state index in [4.69, 9.17) is 15.2 Å². The molecule has 0 bridgehead atoms. The van der Waals surface area contributed by atoms with Crippen LogP contribution in [-0.2, 0) is 6.54 Å². The zero-order chi connectivity index (χ0) is 21.0. The lowest BCUT2D eigenvalue weighted by Gasteiger charge is -2.43. The van der Waals surface area contributed by atoms with E-state index < -0.39 is 5.79 Å². The Morgan fingerprint density at radius 2 is 1.76 bits per heavy atom. The van der Waals surface area contributed by atoms with E-state index >= 15 is 0 Å². The van der Waals surface area contributed by atoms with Crippen molar-refractivity contribution in [2.24, 2.45) is 16.6 Å². The molecule has 1 unspecified atom stereocenters. The summed E-state index contributed by atoms with van der Waals surface area (Å²) in [6.45, 7) is 2.85. The smallest absolute Gasteiger partial charge is 0.186 e. The van der Waals surface area contributed by atoms with Gasteiger partial charge in [0.2, 0.25) is 0 Å². The van der Waals surface area contributed by atoms with Crippen molar-refractivity contribution in [1.29, 1.82) is 0 Å². The largest absolute Gasteiger partial charge is 0.497 e. The third kappa shape index (κ3) is 5.03. The summed E-state index contributed by atoms with van der Waals surface area (Å²) in [6.07, 6.45) is 6.16. The molecule has 1 atom stereocenters. The molecule has 2 aliphatic rings. The van der Waals surface area contributed by atoms with E-state index in [1.54, 1.807) is 14.2 Å². The van der Waals surface area contributed by atoms with Crippen molar-refractivity contribution in [2.75, 3.05) is 28.3 Å². The van der Waals surface area contributed by atoms with Crippen molar-refractivity contribution in [1.82, 2.24) is 15.5 Å². The summed E-state index contributed by atoms with van der Waals surface area (Å²) in [5, 5.41) is 7.17. The van der Waals surface area contributed by atoms with Gasteiger partial charge in [0, 0.05) is 50.5 Å². The number of hydrogen-bond acceptors (Lipinski definition) is 7. The Kier molecular flexibility index (Phi) is 6.70. The number of methoxy groups -OCH3 is 2. The lowest BCUT2D eigenvalue weighted by molar-refractivity contribution is 0.154. The molecular weight excluding hydrogens is 366 g/mol. The quantitative estimate of drug-likeness (QED) is 0.651. The number of nitrogens with two attached hydrogens (primary N) is 1. The number of hydrogen-bond donors (Lipinski definition) is 3. The molecule has 1 aliphatic heterocycles. The fourth-order valence-corrected chi connectivity index (χ4v) is 4.23. The van der Waals surface area contributed by atoms with Gasteiger partial charge in [0.15, 0.2) is 5.79 Å². The molecule has 0 aromatic heterocycles. The van der Waals surface area contributed by atoms with E-state index in [9.17, 15) is 0 Å². The van der Waals surface area contributed by atoms with Crippen molar-refractivity contribution in [3.05, 3.63) is 35.2 Å². The van der Waals surface area contributed by atoms with Gasteiger partial charge in [-0.1, -0.05) is 0 Å². The molecule has 4 N–H and O–H groups in total. The Balaban J connectivity index is 1.54. The summed E-state index contributed by atoms with van der Waals surface area (Å²) < 4.78 is 10.7. The van der Waals surface area contributed by atoms with Crippen molar-refractivity contribution in [3.63, 3.8) is 0 Å². The highest BCUT2D eigenvalue weighted by molar-refractivity contribution is 5.80. The first kappa shape index (κ1) is 21.5. The van der Waals surface area contributed by atoms with Crippen LogP contribution >= 0.6 is 0 Å². The highest BCUT2D eigenvalue weighted by atomic mass is 16.5. The number of allylic oxidation sites excluding steroid dienone is 1. The molecule has 1 fully saturated rings. The van der Waals surface area contributed by atoms with E-state index in [1.165, 1.54) is 0 Å². The van der Waals surface area contributed by atoms with E-state index in [-0.39, 0.29) is 0 Å². The maximum atomic E-state index is 6.68. The maximum Gasteiger partial charge on any atom is 0.186 e. The minimum atomic E-state index is -0.718. The van der Waals surface area contributed by atoms with Crippen molar-refractivity contribution in [2.45, 2.75) is 51.0 Å². The Bertz CT molecular complexity index is 746. The van der Waals surface area contributed by atoms with E-state index in [2.05, 4.69) is 27.4 Å². The van der Waals surface area contributed by atoms with Gasteiger partial charge in [-0.15, -0.1) is 0 Å². The fourth-order valence-electron chi connectivity index (χ4n) is 4.23. The molecule has 7 heteroatoms. The summed E-state index contributed by atoms with van der Waals surface area (Å²) in [5.41, 5.74) is 8.95. The van der Waals surface area contributed by atoms with Gasteiger partial charge in [0.25, 0.3) is 0 Å². The number of benzene rings is 1. The van der Waals surface area contributed by atoms with Gasteiger partial charge in [0.1, 0.15) is 17.3 Å². The second-order valence-corrected chi connectivity index (χ2v) is 8.28. The number of aliphatic imine (C=N–C) groups is 1. The third-order valence-electron chi connectivity index (χ3n) is 5.97. The van der Waals surface area contributed by atoms with Crippen molar-refractivity contribution >= 4 is 6.21 Å². The highest BCUT2D eigenvalue weighted by Gasteiger charge is 2.39. The lowest BCUT2D eigenvalue weighted by Crippen LogP contribution is -2.61. The Morgan fingerprint density at radius 3 is 2.31 bits per heavy atom. The molecule has 1 aromatic carbocycles. The van der Waals surface area contributed by atoms with Crippen LogP contribution in [0.1, 0.15) is 38.2 Å². The van der Waals surface area contributed by atoms with Crippen LogP contribution in [-0.4, -0.2) is 51.3 Å². The van der Waals surface area contributed by atoms with Gasteiger partial charge >= 0.3 is 0 Å².